The van der Waals surface area contributed by atoms with Crippen molar-refractivity contribution in [1.82, 2.24) is 16.0 Å². The van der Waals surface area contributed by atoms with E-state index < -0.39 is 41.7 Å². The monoisotopic (exact) mass is 479 g/mol. The average molecular weight is 480 g/mol. The molecule has 0 aliphatic carbocycles. The molecule has 0 aliphatic rings. The van der Waals surface area contributed by atoms with E-state index in [9.17, 15) is 19.2 Å². The minimum atomic E-state index is -0.879. The molecule has 0 heterocycles. The molecule has 1 aromatic rings. The van der Waals surface area contributed by atoms with Crippen molar-refractivity contribution in [2.75, 3.05) is 13.7 Å². The lowest BCUT2D eigenvalue weighted by Gasteiger charge is -2.21. The van der Waals surface area contributed by atoms with Crippen LogP contribution in [0.4, 0.5) is 9.59 Å². The molecule has 0 aliphatic heterocycles. The molecule has 2 atom stereocenters. The van der Waals surface area contributed by atoms with Gasteiger partial charge in [0.15, 0.2) is 0 Å². The third-order valence-electron chi connectivity index (χ3n) is 4.62. The third kappa shape index (κ3) is 12.1. The first-order valence-electron chi connectivity index (χ1n) is 11.4. The molecule has 0 saturated carbocycles. The van der Waals surface area contributed by atoms with Crippen LogP contribution in [-0.4, -0.2) is 55.4 Å². The van der Waals surface area contributed by atoms with Gasteiger partial charge in [-0.3, -0.25) is 4.79 Å². The molecule has 10 heteroatoms. The Morgan fingerprint density at radius 1 is 0.941 bits per heavy atom. The molecule has 10 nitrogen and oxygen atoms in total. The maximum absolute atomic E-state index is 12.7. The van der Waals surface area contributed by atoms with Gasteiger partial charge in [0, 0.05) is 6.54 Å². The number of unbranched alkanes of at least 4 members (excludes halogenated alkanes) is 1. The Morgan fingerprint density at radius 3 is 2.21 bits per heavy atom. The topological polar surface area (TPSA) is 132 Å². The van der Waals surface area contributed by atoms with Gasteiger partial charge in [-0.1, -0.05) is 37.3 Å². The first-order chi connectivity index (χ1) is 16.1. The number of carbonyl (C=O) groups excluding carboxylic acids is 4. The predicted molar refractivity (Wildman–Crippen MR) is 126 cm³/mol. The Balaban J connectivity index is 2.48. The second-order valence-corrected chi connectivity index (χ2v) is 8.68. The van der Waals surface area contributed by atoms with Gasteiger partial charge in [-0.25, -0.2) is 14.4 Å². The van der Waals surface area contributed by atoms with Crippen LogP contribution in [0.25, 0.3) is 0 Å². The van der Waals surface area contributed by atoms with Crippen molar-refractivity contribution >= 4 is 24.1 Å². The molecular formula is C24H37N3O7. The second kappa shape index (κ2) is 14.8. The zero-order valence-corrected chi connectivity index (χ0v) is 20.6. The Morgan fingerprint density at radius 2 is 1.62 bits per heavy atom. The smallest absolute Gasteiger partial charge is 0.408 e. The van der Waals surface area contributed by atoms with Crippen LogP contribution in [0.2, 0.25) is 0 Å². The summed E-state index contributed by atoms with van der Waals surface area (Å²) < 4.78 is 15.1. The Bertz CT molecular complexity index is 794. The molecule has 34 heavy (non-hydrogen) atoms. The molecule has 0 radical (unpaired) electrons. The number of ether oxygens (including phenoxy) is 3. The lowest BCUT2D eigenvalue weighted by atomic mass is 10.1. The SMILES string of the molecule is CCC(NC(=O)OCc1ccccc1)C(=O)NC(CCCCNC(=O)OC(C)(C)C)C(=O)OC. The van der Waals surface area contributed by atoms with Crippen LogP contribution >= 0.6 is 0 Å². The standard InChI is InChI=1S/C24H37N3O7/c1-6-18(27-23(31)33-16-17-12-8-7-9-13-17)20(28)26-19(21(29)32-5)14-10-11-15-25-22(30)34-24(2,3)4/h7-9,12-13,18-19H,6,10-11,14-16H2,1-5H3,(H,25,30)(H,26,28)(H,27,31). The number of amides is 3. The van der Waals surface area contributed by atoms with Crippen molar-refractivity contribution in [1.29, 1.82) is 0 Å². The molecule has 1 rings (SSSR count). The zero-order chi connectivity index (χ0) is 25.6. The molecule has 0 fully saturated rings. The van der Waals surface area contributed by atoms with E-state index in [0.717, 1.165) is 5.56 Å². The van der Waals surface area contributed by atoms with Crippen LogP contribution in [-0.2, 0) is 30.4 Å². The normalized spacial score (nSPS) is 12.6. The number of alkyl carbamates (subject to hydrolysis) is 2. The summed E-state index contributed by atoms with van der Waals surface area (Å²) in [7, 11) is 1.24. The van der Waals surface area contributed by atoms with Crippen LogP contribution in [0, 0.1) is 0 Å². The number of esters is 1. The van der Waals surface area contributed by atoms with Crippen LogP contribution in [0.3, 0.4) is 0 Å². The average Bonchev–Trinajstić information content (AvgIpc) is 2.79. The highest BCUT2D eigenvalue weighted by atomic mass is 16.6. The molecule has 0 aromatic heterocycles. The van der Waals surface area contributed by atoms with Crippen molar-refractivity contribution in [3.05, 3.63) is 35.9 Å². The minimum Gasteiger partial charge on any atom is -0.467 e. The van der Waals surface area contributed by atoms with Gasteiger partial charge in [0.1, 0.15) is 24.3 Å². The van der Waals surface area contributed by atoms with Gasteiger partial charge in [-0.2, -0.15) is 0 Å². The van der Waals surface area contributed by atoms with Crippen LogP contribution in [0.1, 0.15) is 58.9 Å². The first kappa shape index (κ1) is 28.7. The highest BCUT2D eigenvalue weighted by Crippen LogP contribution is 2.08. The second-order valence-electron chi connectivity index (χ2n) is 8.68. The van der Waals surface area contributed by atoms with E-state index in [4.69, 9.17) is 14.2 Å². The number of carbonyl (C=O) groups is 4. The van der Waals surface area contributed by atoms with Gasteiger partial charge >= 0.3 is 18.2 Å². The number of hydrogen-bond donors (Lipinski definition) is 3. The van der Waals surface area contributed by atoms with E-state index in [0.29, 0.717) is 32.2 Å². The first-order valence-corrected chi connectivity index (χ1v) is 11.4. The molecule has 0 bridgehead atoms. The van der Waals surface area contributed by atoms with Crippen LogP contribution in [0.15, 0.2) is 30.3 Å². The van der Waals surface area contributed by atoms with Crippen molar-refractivity contribution in [3.8, 4) is 0 Å². The molecular weight excluding hydrogens is 442 g/mol. The largest absolute Gasteiger partial charge is 0.467 e. The number of benzene rings is 1. The number of rotatable bonds is 12. The Kier molecular flexibility index (Phi) is 12.5. The maximum Gasteiger partial charge on any atom is 0.408 e. The van der Waals surface area contributed by atoms with Crippen LogP contribution in [0.5, 0.6) is 0 Å². The summed E-state index contributed by atoms with van der Waals surface area (Å²) in [4.78, 5) is 48.6. The van der Waals surface area contributed by atoms with Gasteiger partial charge in [-0.15, -0.1) is 0 Å². The van der Waals surface area contributed by atoms with Crippen molar-refractivity contribution in [2.45, 2.75) is 77.7 Å². The van der Waals surface area contributed by atoms with Crippen LogP contribution < -0.4 is 16.0 Å². The highest BCUT2D eigenvalue weighted by molar-refractivity contribution is 5.89. The van der Waals surface area contributed by atoms with Gasteiger partial charge in [-0.05, 0) is 52.0 Å². The molecule has 0 spiro atoms. The van der Waals surface area contributed by atoms with Crippen molar-refractivity contribution in [2.24, 2.45) is 0 Å². The third-order valence-corrected chi connectivity index (χ3v) is 4.62. The summed E-state index contributed by atoms with van der Waals surface area (Å²) in [5.74, 6) is -1.10. The fourth-order valence-corrected chi connectivity index (χ4v) is 2.90. The minimum absolute atomic E-state index is 0.0762. The molecule has 3 N–H and O–H groups in total. The van der Waals surface area contributed by atoms with Crippen molar-refractivity contribution in [3.63, 3.8) is 0 Å². The molecule has 190 valence electrons. The summed E-state index contributed by atoms with van der Waals surface area (Å²) >= 11 is 0. The van der Waals surface area contributed by atoms with E-state index >= 15 is 0 Å². The quantitative estimate of drug-likeness (QED) is 0.238. The molecule has 1 aromatic carbocycles. The fraction of sp³-hybridized carbons (Fsp3) is 0.583. The van der Waals surface area contributed by atoms with E-state index in [-0.39, 0.29) is 6.61 Å². The summed E-state index contributed by atoms with van der Waals surface area (Å²) in [6.45, 7) is 7.50. The summed E-state index contributed by atoms with van der Waals surface area (Å²) in [6.07, 6.45) is 0.488. The van der Waals surface area contributed by atoms with Gasteiger partial charge in [0.2, 0.25) is 5.91 Å². The summed E-state index contributed by atoms with van der Waals surface area (Å²) in [5.41, 5.74) is 0.240. The van der Waals surface area contributed by atoms with Gasteiger partial charge in [0.25, 0.3) is 0 Å². The predicted octanol–water partition coefficient (Wildman–Crippen LogP) is 3.04. The lowest BCUT2D eigenvalue weighted by molar-refractivity contribution is -0.145. The van der Waals surface area contributed by atoms with E-state index in [1.54, 1.807) is 27.7 Å². The van der Waals surface area contributed by atoms with E-state index in [2.05, 4.69) is 16.0 Å². The van der Waals surface area contributed by atoms with Gasteiger partial charge < -0.3 is 30.2 Å². The Labute approximate surface area is 201 Å². The fourth-order valence-electron chi connectivity index (χ4n) is 2.90. The van der Waals surface area contributed by atoms with E-state index in [1.165, 1.54) is 7.11 Å². The summed E-state index contributed by atoms with van der Waals surface area (Å²) in [5, 5.41) is 7.80. The zero-order valence-electron chi connectivity index (χ0n) is 20.6. The lowest BCUT2D eigenvalue weighted by Crippen LogP contribution is -2.51. The van der Waals surface area contributed by atoms with E-state index in [1.807, 2.05) is 30.3 Å². The highest BCUT2D eigenvalue weighted by Gasteiger charge is 2.26. The number of nitrogens with one attached hydrogen (secondary N) is 3. The Hall–Kier alpha value is -3.30. The molecule has 3 amide bonds. The maximum atomic E-state index is 12.7. The summed E-state index contributed by atoms with van der Waals surface area (Å²) in [6, 6.07) is 7.41. The number of hydrogen-bond acceptors (Lipinski definition) is 7. The molecule has 0 saturated heterocycles. The molecule has 2 unspecified atom stereocenters. The van der Waals surface area contributed by atoms with Gasteiger partial charge in [0.05, 0.1) is 7.11 Å². The van der Waals surface area contributed by atoms with Crippen molar-refractivity contribution < 1.29 is 33.4 Å². The number of methoxy groups -OCH3 is 1.